The number of anilines is 1. The zero-order valence-electron chi connectivity index (χ0n) is 12.3. The summed E-state index contributed by atoms with van der Waals surface area (Å²) in [4.78, 5) is 11.9. The molecule has 1 rings (SSSR count). The number of hydrogen-bond donors (Lipinski definition) is 1. The molecule has 0 unspecified atom stereocenters. The average Bonchev–Trinajstić information content (AvgIpc) is 2.40. The number of halogens is 1. The summed E-state index contributed by atoms with van der Waals surface area (Å²) in [6, 6.07) is 7.24. The number of carbonyl (C=O) groups excluding carboxylic acids is 1. The molecule has 5 nitrogen and oxygen atoms in total. The molecule has 0 bridgehead atoms. The molecule has 0 saturated heterocycles. The van der Waals surface area contributed by atoms with E-state index >= 15 is 0 Å². The summed E-state index contributed by atoms with van der Waals surface area (Å²) in [6.45, 7) is 2.67. The third kappa shape index (κ3) is 7.06. The van der Waals surface area contributed by atoms with Crippen LogP contribution in [0.15, 0.2) is 28.7 Å². The fourth-order valence-electron chi connectivity index (χ4n) is 1.76. The summed E-state index contributed by atoms with van der Waals surface area (Å²) >= 11 is 3.32. The van der Waals surface area contributed by atoms with Crippen LogP contribution in [-0.4, -0.2) is 38.0 Å². The lowest BCUT2D eigenvalue weighted by atomic mass is 10.3. The zero-order chi connectivity index (χ0) is 15.9. The van der Waals surface area contributed by atoms with E-state index in [1.807, 2.05) is 19.1 Å². The number of rotatable bonds is 8. The van der Waals surface area contributed by atoms with Gasteiger partial charge in [0.25, 0.3) is 0 Å². The number of carbonyl (C=O) groups is 1. The van der Waals surface area contributed by atoms with Crippen LogP contribution in [0.2, 0.25) is 0 Å². The van der Waals surface area contributed by atoms with Gasteiger partial charge in [-0.3, -0.25) is 4.79 Å². The summed E-state index contributed by atoms with van der Waals surface area (Å²) in [5.41, 5.74) is 0.697. The van der Waals surface area contributed by atoms with E-state index in [4.69, 9.17) is 0 Å². The summed E-state index contributed by atoms with van der Waals surface area (Å²) in [5.74, 6) is -0.192. The number of hydrogen-bond acceptors (Lipinski definition) is 3. The smallest absolute Gasteiger partial charge is 0.225 e. The average molecular weight is 377 g/mol. The van der Waals surface area contributed by atoms with Gasteiger partial charge in [-0.25, -0.2) is 12.7 Å². The first-order valence-electron chi connectivity index (χ1n) is 6.83. The molecule has 0 fully saturated rings. The highest BCUT2D eigenvalue weighted by Gasteiger charge is 2.17. The highest BCUT2D eigenvalue weighted by Crippen LogP contribution is 2.14. The Kier molecular flexibility index (Phi) is 7.34. The van der Waals surface area contributed by atoms with E-state index in [0.29, 0.717) is 12.2 Å². The lowest BCUT2D eigenvalue weighted by Crippen LogP contribution is -2.33. The van der Waals surface area contributed by atoms with Crippen LogP contribution in [-0.2, 0) is 14.8 Å². The molecular formula is C14H21BrN2O3S. The molecule has 0 aromatic heterocycles. The van der Waals surface area contributed by atoms with E-state index in [-0.39, 0.29) is 18.9 Å². The first-order valence-corrected chi connectivity index (χ1v) is 9.47. The van der Waals surface area contributed by atoms with Gasteiger partial charge in [-0.1, -0.05) is 29.3 Å². The van der Waals surface area contributed by atoms with Crippen molar-refractivity contribution < 1.29 is 13.2 Å². The molecule has 1 amide bonds. The van der Waals surface area contributed by atoms with Gasteiger partial charge in [0.05, 0.1) is 6.26 Å². The Balaban J connectivity index is 2.51. The van der Waals surface area contributed by atoms with Crippen molar-refractivity contribution in [3.8, 4) is 0 Å². The van der Waals surface area contributed by atoms with E-state index < -0.39 is 10.0 Å². The largest absolute Gasteiger partial charge is 0.326 e. The minimum absolute atomic E-state index is 0.146. The number of sulfonamides is 1. The Morgan fingerprint density at radius 1 is 1.24 bits per heavy atom. The number of nitrogens with one attached hydrogen (secondary N) is 1. The molecule has 1 aromatic carbocycles. The number of amides is 1. The Morgan fingerprint density at radius 3 is 2.38 bits per heavy atom. The van der Waals surface area contributed by atoms with Gasteiger partial charge < -0.3 is 5.32 Å². The molecule has 0 aliphatic carbocycles. The molecule has 0 spiro atoms. The predicted octanol–water partition coefficient (Wildman–Crippen LogP) is 2.84. The number of nitrogens with zero attached hydrogens (tertiary/aromatic N) is 1. The number of unbranched alkanes of at least 4 members (excludes halogenated alkanes) is 1. The van der Waals surface area contributed by atoms with Crippen LogP contribution in [0.5, 0.6) is 0 Å². The van der Waals surface area contributed by atoms with Crippen LogP contribution in [0.3, 0.4) is 0 Å². The zero-order valence-corrected chi connectivity index (χ0v) is 14.7. The Hall–Kier alpha value is -0.920. The Bertz CT molecular complexity index is 558. The Labute approximate surface area is 134 Å². The topological polar surface area (TPSA) is 66.5 Å². The molecule has 1 N–H and O–H groups in total. The monoisotopic (exact) mass is 376 g/mol. The third-order valence-electron chi connectivity index (χ3n) is 2.95. The lowest BCUT2D eigenvalue weighted by Gasteiger charge is -2.19. The molecule has 0 heterocycles. The van der Waals surface area contributed by atoms with Gasteiger partial charge in [0.15, 0.2) is 0 Å². The summed E-state index contributed by atoms with van der Waals surface area (Å²) < 4.78 is 25.6. The van der Waals surface area contributed by atoms with Gasteiger partial charge in [0.2, 0.25) is 15.9 Å². The maximum Gasteiger partial charge on any atom is 0.225 e. The van der Waals surface area contributed by atoms with E-state index in [1.54, 1.807) is 12.1 Å². The van der Waals surface area contributed by atoms with Gasteiger partial charge in [-0.15, -0.1) is 0 Å². The predicted molar refractivity (Wildman–Crippen MR) is 88.7 cm³/mol. The van der Waals surface area contributed by atoms with Crippen molar-refractivity contribution in [2.24, 2.45) is 0 Å². The quantitative estimate of drug-likeness (QED) is 0.758. The molecule has 21 heavy (non-hydrogen) atoms. The van der Waals surface area contributed by atoms with Crippen molar-refractivity contribution in [1.82, 2.24) is 4.31 Å². The second-order valence-electron chi connectivity index (χ2n) is 4.82. The first-order chi connectivity index (χ1) is 9.82. The summed E-state index contributed by atoms with van der Waals surface area (Å²) in [5, 5.41) is 2.75. The molecule has 0 aliphatic rings. The van der Waals surface area contributed by atoms with Gasteiger partial charge in [0, 0.05) is 29.7 Å². The fourth-order valence-corrected chi connectivity index (χ4v) is 2.91. The van der Waals surface area contributed by atoms with Crippen LogP contribution < -0.4 is 5.32 Å². The second kappa shape index (κ2) is 8.51. The third-order valence-corrected chi connectivity index (χ3v) is 4.78. The number of benzene rings is 1. The SMILES string of the molecule is CCCCN(CCC(=O)Nc1ccc(Br)cc1)S(C)(=O)=O. The molecule has 1 aromatic rings. The normalized spacial score (nSPS) is 11.6. The van der Waals surface area contributed by atoms with Crippen LogP contribution in [0, 0.1) is 0 Å². The minimum atomic E-state index is -3.26. The van der Waals surface area contributed by atoms with Gasteiger partial charge >= 0.3 is 0 Å². The van der Waals surface area contributed by atoms with Crippen molar-refractivity contribution in [2.75, 3.05) is 24.7 Å². The first kappa shape index (κ1) is 18.1. The molecule has 0 atom stereocenters. The summed E-state index contributed by atoms with van der Waals surface area (Å²) in [7, 11) is -3.26. The molecule has 7 heteroatoms. The van der Waals surface area contributed by atoms with Gasteiger partial charge in [-0.05, 0) is 30.7 Å². The molecule has 118 valence electrons. The van der Waals surface area contributed by atoms with Crippen LogP contribution in [0.1, 0.15) is 26.2 Å². The fraction of sp³-hybridized carbons (Fsp3) is 0.500. The van der Waals surface area contributed by atoms with E-state index in [0.717, 1.165) is 17.3 Å². The maximum absolute atomic E-state index is 11.9. The molecule has 0 saturated carbocycles. The highest BCUT2D eigenvalue weighted by atomic mass is 79.9. The van der Waals surface area contributed by atoms with Crippen molar-refractivity contribution in [2.45, 2.75) is 26.2 Å². The van der Waals surface area contributed by atoms with Crippen LogP contribution >= 0.6 is 15.9 Å². The van der Waals surface area contributed by atoms with Crippen LogP contribution in [0.4, 0.5) is 5.69 Å². The van der Waals surface area contributed by atoms with Crippen molar-refractivity contribution >= 4 is 37.5 Å². The molecule has 0 aliphatic heterocycles. The standard InChI is InChI=1S/C14H21BrN2O3S/c1-3-4-10-17(21(2,19)20)11-9-14(18)16-13-7-5-12(15)6-8-13/h5-8H,3-4,9-11H2,1-2H3,(H,16,18). The van der Waals surface area contributed by atoms with Crippen molar-refractivity contribution in [1.29, 1.82) is 0 Å². The van der Waals surface area contributed by atoms with Crippen molar-refractivity contribution in [3.63, 3.8) is 0 Å². The van der Waals surface area contributed by atoms with Crippen LogP contribution in [0.25, 0.3) is 0 Å². The highest BCUT2D eigenvalue weighted by molar-refractivity contribution is 9.10. The molecular weight excluding hydrogens is 356 g/mol. The maximum atomic E-state index is 11.9. The molecule has 0 radical (unpaired) electrons. The minimum Gasteiger partial charge on any atom is -0.326 e. The summed E-state index contributed by atoms with van der Waals surface area (Å²) in [6.07, 6.45) is 3.03. The van der Waals surface area contributed by atoms with Crippen molar-refractivity contribution in [3.05, 3.63) is 28.7 Å². The van der Waals surface area contributed by atoms with E-state index in [2.05, 4.69) is 21.2 Å². The Morgan fingerprint density at radius 2 is 1.86 bits per heavy atom. The van der Waals surface area contributed by atoms with E-state index in [1.165, 1.54) is 10.6 Å². The van der Waals surface area contributed by atoms with Gasteiger partial charge in [0.1, 0.15) is 0 Å². The lowest BCUT2D eigenvalue weighted by molar-refractivity contribution is -0.116. The second-order valence-corrected chi connectivity index (χ2v) is 7.72. The van der Waals surface area contributed by atoms with E-state index in [9.17, 15) is 13.2 Å². The van der Waals surface area contributed by atoms with Gasteiger partial charge in [-0.2, -0.15) is 0 Å².